The Hall–Kier alpha value is -1.36. The molecular weight excluding hydrogens is 272 g/mol. The first-order valence-electron chi connectivity index (χ1n) is 4.92. The van der Waals surface area contributed by atoms with Gasteiger partial charge >= 0.3 is 5.97 Å². The Morgan fingerprint density at radius 3 is 2.94 bits per heavy atom. The highest BCUT2D eigenvalue weighted by Crippen LogP contribution is 2.21. The first-order chi connectivity index (χ1) is 7.58. The minimum atomic E-state index is -0.403. The van der Waals surface area contributed by atoms with Crippen molar-refractivity contribution >= 4 is 32.8 Å². The van der Waals surface area contributed by atoms with E-state index in [0.717, 1.165) is 15.4 Å². The summed E-state index contributed by atoms with van der Waals surface area (Å²) in [6.07, 6.45) is -0.147. The normalized spacial score (nSPS) is 11.0. The lowest BCUT2D eigenvalue weighted by atomic mass is 10.2. The molecule has 1 N–H and O–H groups in total. The minimum absolute atomic E-state index is 0.147. The first-order valence-corrected chi connectivity index (χ1v) is 5.72. The summed E-state index contributed by atoms with van der Waals surface area (Å²) < 4.78 is 6.01. The van der Waals surface area contributed by atoms with Crippen LogP contribution in [0.1, 0.15) is 24.3 Å². The van der Waals surface area contributed by atoms with Crippen LogP contribution in [0.2, 0.25) is 0 Å². The maximum atomic E-state index is 11.7. The van der Waals surface area contributed by atoms with Gasteiger partial charge < -0.3 is 4.74 Å². The van der Waals surface area contributed by atoms with Gasteiger partial charge in [0.25, 0.3) is 0 Å². The summed E-state index contributed by atoms with van der Waals surface area (Å²) in [5.74, 6) is -0.403. The number of aromatic amines is 1. The summed E-state index contributed by atoms with van der Waals surface area (Å²) in [5, 5.41) is 7.53. The van der Waals surface area contributed by atoms with Gasteiger partial charge in [-0.3, -0.25) is 5.10 Å². The molecule has 2 aromatic rings. The van der Waals surface area contributed by atoms with Crippen LogP contribution in [-0.4, -0.2) is 22.3 Å². The molecule has 0 bridgehead atoms. The number of H-pyrrole nitrogens is 1. The van der Waals surface area contributed by atoms with Crippen LogP contribution in [0.4, 0.5) is 0 Å². The van der Waals surface area contributed by atoms with Crippen LogP contribution in [0.25, 0.3) is 10.9 Å². The van der Waals surface area contributed by atoms with E-state index in [4.69, 9.17) is 4.74 Å². The number of nitrogens with zero attached hydrogens (tertiary/aromatic N) is 1. The molecular formula is C11H11BrN2O2. The van der Waals surface area contributed by atoms with Crippen molar-refractivity contribution in [2.24, 2.45) is 0 Å². The number of esters is 1. The monoisotopic (exact) mass is 282 g/mol. The number of aromatic nitrogens is 2. The van der Waals surface area contributed by atoms with Crippen LogP contribution >= 0.6 is 15.9 Å². The van der Waals surface area contributed by atoms with Crippen molar-refractivity contribution < 1.29 is 9.53 Å². The standard InChI is InChI=1S/C11H11BrN2O2/c1-6(2)16-11(15)10-8-5-7(12)3-4-9(8)13-14-10/h3-6H,1-2H3,(H,13,14). The van der Waals surface area contributed by atoms with Gasteiger partial charge in [-0.1, -0.05) is 15.9 Å². The molecule has 2 rings (SSSR count). The molecule has 0 aliphatic heterocycles. The Labute approximate surface area is 101 Å². The molecule has 84 valence electrons. The van der Waals surface area contributed by atoms with Crippen molar-refractivity contribution in [2.75, 3.05) is 0 Å². The van der Waals surface area contributed by atoms with Crippen LogP contribution in [-0.2, 0) is 4.74 Å². The summed E-state index contributed by atoms with van der Waals surface area (Å²) in [4.78, 5) is 11.7. The topological polar surface area (TPSA) is 55.0 Å². The number of nitrogens with one attached hydrogen (secondary N) is 1. The third kappa shape index (κ3) is 2.09. The fourth-order valence-electron chi connectivity index (χ4n) is 1.41. The number of hydrogen-bond donors (Lipinski definition) is 1. The molecule has 0 saturated heterocycles. The number of carbonyl (C=O) groups excluding carboxylic acids is 1. The van der Waals surface area contributed by atoms with Crippen LogP contribution in [0.3, 0.4) is 0 Å². The number of fused-ring (bicyclic) bond motifs is 1. The van der Waals surface area contributed by atoms with Crippen LogP contribution in [0.15, 0.2) is 22.7 Å². The van der Waals surface area contributed by atoms with Gasteiger partial charge in [0.15, 0.2) is 5.69 Å². The van der Waals surface area contributed by atoms with Gasteiger partial charge in [0.05, 0.1) is 11.6 Å². The van der Waals surface area contributed by atoms with Gasteiger partial charge in [0.1, 0.15) is 0 Å². The van der Waals surface area contributed by atoms with E-state index in [0.29, 0.717) is 5.69 Å². The van der Waals surface area contributed by atoms with Crippen molar-refractivity contribution in [1.82, 2.24) is 10.2 Å². The Bertz CT molecular complexity index is 534. The minimum Gasteiger partial charge on any atom is -0.458 e. The number of carbonyl (C=O) groups is 1. The van der Waals surface area contributed by atoms with Gasteiger partial charge in [0.2, 0.25) is 0 Å². The second kappa shape index (κ2) is 4.25. The molecule has 0 saturated carbocycles. The maximum Gasteiger partial charge on any atom is 0.359 e. The summed E-state index contributed by atoms with van der Waals surface area (Å²) in [6.45, 7) is 3.62. The predicted octanol–water partition coefficient (Wildman–Crippen LogP) is 2.89. The smallest absolute Gasteiger partial charge is 0.359 e. The van der Waals surface area contributed by atoms with Crippen molar-refractivity contribution in [1.29, 1.82) is 0 Å². The second-order valence-corrected chi connectivity index (χ2v) is 4.63. The first kappa shape index (κ1) is 11.1. The Balaban J connectivity index is 2.44. The lowest BCUT2D eigenvalue weighted by molar-refractivity contribution is 0.0373. The Morgan fingerprint density at radius 1 is 1.50 bits per heavy atom. The summed E-state index contributed by atoms with van der Waals surface area (Å²) >= 11 is 3.36. The third-order valence-corrected chi connectivity index (χ3v) is 2.55. The molecule has 1 heterocycles. The van der Waals surface area contributed by atoms with Crippen molar-refractivity contribution in [3.8, 4) is 0 Å². The molecule has 0 radical (unpaired) electrons. The summed E-state index contributed by atoms with van der Waals surface area (Å²) in [6, 6.07) is 5.59. The van der Waals surface area contributed by atoms with E-state index in [9.17, 15) is 4.79 Å². The Morgan fingerprint density at radius 2 is 2.25 bits per heavy atom. The third-order valence-electron chi connectivity index (χ3n) is 2.06. The molecule has 16 heavy (non-hydrogen) atoms. The Kier molecular flexibility index (Phi) is 2.96. The lowest BCUT2D eigenvalue weighted by Gasteiger charge is -2.05. The lowest BCUT2D eigenvalue weighted by Crippen LogP contribution is -2.12. The fourth-order valence-corrected chi connectivity index (χ4v) is 1.77. The SMILES string of the molecule is CC(C)OC(=O)c1n[nH]c2ccc(Br)cc12. The highest BCUT2D eigenvalue weighted by molar-refractivity contribution is 9.10. The van der Waals surface area contributed by atoms with Crippen molar-refractivity contribution in [3.63, 3.8) is 0 Å². The molecule has 0 amide bonds. The van der Waals surface area contributed by atoms with Crippen LogP contribution in [0.5, 0.6) is 0 Å². The largest absolute Gasteiger partial charge is 0.458 e. The highest BCUT2D eigenvalue weighted by atomic mass is 79.9. The molecule has 5 heteroatoms. The molecule has 0 spiro atoms. The van der Waals surface area contributed by atoms with Gasteiger partial charge in [-0.15, -0.1) is 0 Å². The van der Waals surface area contributed by atoms with E-state index >= 15 is 0 Å². The molecule has 0 aliphatic carbocycles. The zero-order valence-corrected chi connectivity index (χ0v) is 10.5. The van der Waals surface area contributed by atoms with Crippen molar-refractivity contribution in [3.05, 3.63) is 28.4 Å². The summed E-state index contributed by atoms with van der Waals surface area (Å²) in [7, 11) is 0. The number of rotatable bonds is 2. The van der Waals surface area contributed by atoms with E-state index in [2.05, 4.69) is 26.1 Å². The van der Waals surface area contributed by atoms with E-state index < -0.39 is 5.97 Å². The molecule has 0 fully saturated rings. The fraction of sp³-hybridized carbons (Fsp3) is 0.273. The molecule has 0 atom stereocenters. The van der Waals surface area contributed by atoms with Gasteiger partial charge in [-0.05, 0) is 32.0 Å². The second-order valence-electron chi connectivity index (χ2n) is 3.72. The van der Waals surface area contributed by atoms with Gasteiger partial charge in [0, 0.05) is 9.86 Å². The van der Waals surface area contributed by atoms with Gasteiger partial charge in [-0.2, -0.15) is 5.10 Å². The van der Waals surface area contributed by atoms with E-state index in [1.807, 2.05) is 32.0 Å². The van der Waals surface area contributed by atoms with E-state index in [1.165, 1.54) is 0 Å². The quantitative estimate of drug-likeness (QED) is 0.862. The van der Waals surface area contributed by atoms with E-state index in [-0.39, 0.29) is 6.10 Å². The average molecular weight is 283 g/mol. The number of halogens is 1. The van der Waals surface area contributed by atoms with Crippen LogP contribution in [0, 0.1) is 0 Å². The predicted molar refractivity (Wildman–Crippen MR) is 64.3 cm³/mol. The zero-order valence-electron chi connectivity index (χ0n) is 8.95. The molecule has 0 unspecified atom stereocenters. The molecule has 4 nitrogen and oxygen atoms in total. The number of benzene rings is 1. The van der Waals surface area contributed by atoms with Crippen LogP contribution < -0.4 is 0 Å². The molecule has 1 aromatic carbocycles. The average Bonchev–Trinajstić information content (AvgIpc) is 2.59. The number of hydrogen-bond acceptors (Lipinski definition) is 3. The maximum absolute atomic E-state index is 11.7. The molecule has 0 aliphatic rings. The van der Waals surface area contributed by atoms with E-state index in [1.54, 1.807) is 0 Å². The zero-order chi connectivity index (χ0) is 11.7. The summed E-state index contributed by atoms with van der Waals surface area (Å²) in [5.41, 5.74) is 1.14. The highest BCUT2D eigenvalue weighted by Gasteiger charge is 2.16. The van der Waals surface area contributed by atoms with Crippen molar-refractivity contribution in [2.45, 2.75) is 20.0 Å². The number of ether oxygens (including phenoxy) is 1. The van der Waals surface area contributed by atoms with Gasteiger partial charge in [-0.25, -0.2) is 4.79 Å². The molecule has 1 aromatic heterocycles.